The average Bonchev–Trinajstić information content (AvgIpc) is 2.57. The summed E-state index contributed by atoms with van der Waals surface area (Å²) >= 11 is 0. The molecule has 2 aliphatic rings. The summed E-state index contributed by atoms with van der Waals surface area (Å²) in [4.78, 5) is 2.84. The van der Waals surface area contributed by atoms with Crippen LogP contribution in [0.25, 0.3) is 0 Å². The van der Waals surface area contributed by atoms with Gasteiger partial charge in [0, 0.05) is 24.2 Å². The number of hydrogen-bond donors (Lipinski definition) is 2. The van der Waals surface area contributed by atoms with E-state index in [-0.39, 0.29) is 12.1 Å². The molecule has 0 bridgehead atoms. The first-order valence-electron chi connectivity index (χ1n) is 9.24. The molecule has 0 aromatic heterocycles. The third-order valence-electron chi connectivity index (χ3n) is 5.96. The summed E-state index contributed by atoms with van der Waals surface area (Å²) in [7, 11) is 1.97. The van der Waals surface area contributed by atoms with Gasteiger partial charge in [0.25, 0.3) is 0 Å². The highest BCUT2D eigenvalue weighted by Gasteiger charge is 2.30. The predicted molar refractivity (Wildman–Crippen MR) is 89.6 cm³/mol. The van der Waals surface area contributed by atoms with Gasteiger partial charge in [-0.1, -0.05) is 38.5 Å². The molecule has 0 aliphatic heterocycles. The molecule has 2 N–H and O–H groups in total. The smallest absolute Gasteiger partial charge is 0.0610 e. The minimum Gasteiger partial charge on any atom is -0.394 e. The molecular formula is C18H36N2O. The Balaban J connectivity index is 1.96. The fourth-order valence-electron chi connectivity index (χ4n) is 4.15. The second kappa shape index (κ2) is 8.50. The number of aliphatic hydroxyl groups excluding tert-OH is 1. The van der Waals surface area contributed by atoms with Gasteiger partial charge in [-0.25, -0.2) is 0 Å². The zero-order valence-corrected chi connectivity index (χ0v) is 14.2. The van der Waals surface area contributed by atoms with Gasteiger partial charge < -0.3 is 10.4 Å². The van der Waals surface area contributed by atoms with E-state index in [9.17, 15) is 5.11 Å². The zero-order chi connectivity index (χ0) is 15.1. The van der Waals surface area contributed by atoms with Crippen LogP contribution in [0, 0.1) is 0 Å². The molecule has 2 aliphatic carbocycles. The van der Waals surface area contributed by atoms with E-state index in [1.807, 2.05) is 7.05 Å². The van der Waals surface area contributed by atoms with Crippen molar-refractivity contribution in [1.82, 2.24) is 10.2 Å². The molecule has 2 rings (SSSR count). The van der Waals surface area contributed by atoms with Crippen molar-refractivity contribution in [3.05, 3.63) is 0 Å². The Morgan fingerprint density at radius 3 is 1.81 bits per heavy atom. The third kappa shape index (κ3) is 4.94. The number of likely N-dealkylation sites (N-methyl/N-ethyl adjacent to an activating group) is 1. The van der Waals surface area contributed by atoms with Crippen molar-refractivity contribution in [2.45, 2.75) is 95.2 Å². The van der Waals surface area contributed by atoms with Gasteiger partial charge in [-0.15, -0.1) is 0 Å². The Bertz CT molecular complexity index is 261. The lowest BCUT2D eigenvalue weighted by Crippen LogP contribution is -2.50. The maximum atomic E-state index is 9.64. The van der Waals surface area contributed by atoms with Crippen LogP contribution < -0.4 is 5.32 Å². The summed E-state index contributed by atoms with van der Waals surface area (Å²) in [5.41, 5.74) is -0.123. The molecule has 0 spiro atoms. The van der Waals surface area contributed by atoms with Gasteiger partial charge >= 0.3 is 0 Å². The van der Waals surface area contributed by atoms with Crippen molar-refractivity contribution < 1.29 is 5.11 Å². The van der Waals surface area contributed by atoms with E-state index in [4.69, 9.17) is 0 Å². The van der Waals surface area contributed by atoms with Crippen LogP contribution in [0.15, 0.2) is 0 Å². The van der Waals surface area contributed by atoms with Gasteiger partial charge in [0.05, 0.1) is 6.61 Å². The molecule has 0 saturated heterocycles. The highest BCUT2D eigenvalue weighted by Crippen LogP contribution is 2.30. The molecule has 2 saturated carbocycles. The second-order valence-electron chi connectivity index (χ2n) is 7.54. The molecular weight excluding hydrogens is 260 g/mol. The molecule has 3 nitrogen and oxygen atoms in total. The van der Waals surface area contributed by atoms with Crippen LogP contribution in [-0.2, 0) is 0 Å². The van der Waals surface area contributed by atoms with E-state index < -0.39 is 0 Å². The molecule has 0 amide bonds. The normalized spacial score (nSPS) is 25.1. The standard InChI is InChI=1S/C18H36N2O/c1-18(15-21,19-2)13-14-20(16-9-5-3-6-10-16)17-11-7-4-8-12-17/h16-17,19,21H,3-15H2,1-2H3. The zero-order valence-electron chi connectivity index (χ0n) is 14.2. The first kappa shape index (κ1) is 17.2. The van der Waals surface area contributed by atoms with Crippen LogP contribution in [0.4, 0.5) is 0 Å². The molecule has 1 unspecified atom stereocenters. The summed E-state index contributed by atoms with van der Waals surface area (Å²) < 4.78 is 0. The first-order valence-corrected chi connectivity index (χ1v) is 9.24. The maximum absolute atomic E-state index is 9.64. The Hall–Kier alpha value is -0.120. The summed E-state index contributed by atoms with van der Waals surface area (Å²) in [6, 6.07) is 1.61. The summed E-state index contributed by atoms with van der Waals surface area (Å²) in [5, 5.41) is 13.0. The number of rotatable bonds is 7. The van der Waals surface area contributed by atoms with E-state index in [1.54, 1.807) is 0 Å². The first-order chi connectivity index (χ1) is 10.2. The van der Waals surface area contributed by atoms with E-state index in [2.05, 4.69) is 17.1 Å². The maximum Gasteiger partial charge on any atom is 0.0610 e. The Labute approximate surface area is 131 Å². The van der Waals surface area contributed by atoms with Gasteiger partial charge in [-0.3, -0.25) is 4.90 Å². The Kier molecular flexibility index (Phi) is 6.97. The summed E-state index contributed by atoms with van der Waals surface area (Å²) in [6.45, 7) is 3.52. The quantitative estimate of drug-likeness (QED) is 0.756. The van der Waals surface area contributed by atoms with Gasteiger partial charge in [0.15, 0.2) is 0 Å². The molecule has 0 heterocycles. The minimum atomic E-state index is -0.123. The van der Waals surface area contributed by atoms with Crippen LogP contribution in [-0.4, -0.2) is 47.8 Å². The van der Waals surface area contributed by atoms with Crippen molar-refractivity contribution in [2.75, 3.05) is 20.2 Å². The minimum absolute atomic E-state index is 0.123. The molecule has 124 valence electrons. The lowest BCUT2D eigenvalue weighted by molar-refractivity contribution is 0.0630. The predicted octanol–water partition coefficient (Wildman–Crippen LogP) is 3.31. The molecule has 21 heavy (non-hydrogen) atoms. The average molecular weight is 296 g/mol. The highest BCUT2D eigenvalue weighted by atomic mass is 16.3. The van der Waals surface area contributed by atoms with Gasteiger partial charge in [-0.2, -0.15) is 0 Å². The van der Waals surface area contributed by atoms with Crippen LogP contribution >= 0.6 is 0 Å². The highest BCUT2D eigenvalue weighted by molar-refractivity contribution is 4.88. The Morgan fingerprint density at radius 1 is 0.952 bits per heavy atom. The number of hydrogen-bond acceptors (Lipinski definition) is 3. The van der Waals surface area contributed by atoms with Crippen LogP contribution in [0.1, 0.15) is 77.6 Å². The fraction of sp³-hybridized carbons (Fsp3) is 1.00. The largest absolute Gasteiger partial charge is 0.394 e. The molecule has 0 aromatic carbocycles. The molecule has 2 fully saturated rings. The van der Waals surface area contributed by atoms with Crippen molar-refractivity contribution >= 4 is 0 Å². The molecule has 0 radical (unpaired) electrons. The lowest BCUT2D eigenvalue weighted by atomic mass is 9.87. The van der Waals surface area contributed by atoms with E-state index in [1.165, 1.54) is 64.2 Å². The van der Waals surface area contributed by atoms with Crippen LogP contribution in [0.5, 0.6) is 0 Å². The number of aliphatic hydroxyl groups is 1. The molecule has 0 aromatic rings. The summed E-state index contributed by atoms with van der Waals surface area (Å²) in [5.74, 6) is 0. The van der Waals surface area contributed by atoms with Gasteiger partial charge in [-0.05, 0) is 46.1 Å². The number of nitrogens with one attached hydrogen (secondary N) is 1. The monoisotopic (exact) mass is 296 g/mol. The fourth-order valence-corrected chi connectivity index (χ4v) is 4.15. The third-order valence-corrected chi connectivity index (χ3v) is 5.96. The second-order valence-corrected chi connectivity index (χ2v) is 7.54. The number of nitrogens with zero attached hydrogens (tertiary/aromatic N) is 1. The van der Waals surface area contributed by atoms with Crippen LogP contribution in [0.3, 0.4) is 0 Å². The molecule has 1 atom stereocenters. The lowest BCUT2D eigenvalue weighted by Gasteiger charge is -2.43. The van der Waals surface area contributed by atoms with Crippen molar-refractivity contribution in [3.63, 3.8) is 0 Å². The van der Waals surface area contributed by atoms with Gasteiger partial charge in [0.1, 0.15) is 0 Å². The van der Waals surface area contributed by atoms with Crippen molar-refractivity contribution in [3.8, 4) is 0 Å². The summed E-state index contributed by atoms with van der Waals surface area (Å²) in [6.07, 6.45) is 15.1. The van der Waals surface area contributed by atoms with E-state index >= 15 is 0 Å². The SMILES string of the molecule is CNC(C)(CO)CCN(C1CCCCC1)C1CCCCC1. The van der Waals surface area contributed by atoms with Crippen LogP contribution in [0.2, 0.25) is 0 Å². The van der Waals surface area contributed by atoms with Gasteiger partial charge in [0.2, 0.25) is 0 Å². The Morgan fingerprint density at radius 2 is 1.43 bits per heavy atom. The van der Waals surface area contributed by atoms with E-state index in [0.29, 0.717) is 0 Å². The topological polar surface area (TPSA) is 35.5 Å². The van der Waals surface area contributed by atoms with Crippen molar-refractivity contribution in [2.24, 2.45) is 0 Å². The van der Waals surface area contributed by atoms with E-state index in [0.717, 1.165) is 25.0 Å². The van der Waals surface area contributed by atoms with Crippen molar-refractivity contribution in [1.29, 1.82) is 0 Å². The molecule has 3 heteroatoms.